The van der Waals surface area contributed by atoms with Gasteiger partial charge in [0, 0.05) is 37.4 Å². The summed E-state index contributed by atoms with van der Waals surface area (Å²) in [7, 11) is 1.88. The summed E-state index contributed by atoms with van der Waals surface area (Å²) in [5.74, 6) is 0.539. The fraction of sp³-hybridized carbons (Fsp3) is 0.308. The van der Waals surface area contributed by atoms with Crippen LogP contribution < -0.4 is 10.2 Å². The van der Waals surface area contributed by atoms with E-state index in [9.17, 15) is 13.6 Å². The van der Waals surface area contributed by atoms with E-state index in [1.165, 1.54) is 13.1 Å². The van der Waals surface area contributed by atoms with Crippen LogP contribution in [0.2, 0.25) is 0 Å². The standard InChI is InChI=1S/C26H26F2N8O/c1-26(28)14-36(15-26)24(37)20-11-17-8-10-35(13-21(17)34(20)2)25-29-9-7-22(32-25)31-18-5-3-16(4-6-18)19-12-30-33-23(19)27/h3-7,9,11-12H,8,10,13-15H2,1-2H3,(H,30,33)(H,29,31,32). The van der Waals surface area contributed by atoms with E-state index < -0.39 is 11.6 Å². The second-order valence-corrected chi connectivity index (χ2v) is 9.84. The van der Waals surface area contributed by atoms with E-state index >= 15 is 0 Å². The average Bonchev–Trinajstić information content (AvgIpc) is 3.45. The Labute approximate surface area is 212 Å². The van der Waals surface area contributed by atoms with Crippen LogP contribution in [-0.4, -0.2) is 60.8 Å². The summed E-state index contributed by atoms with van der Waals surface area (Å²) in [6, 6.07) is 11.0. The highest BCUT2D eigenvalue weighted by Crippen LogP contribution is 2.30. The molecule has 2 aliphatic rings. The zero-order valence-corrected chi connectivity index (χ0v) is 20.5. The van der Waals surface area contributed by atoms with E-state index in [0.717, 1.165) is 28.9 Å². The number of halogens is 2. The molecule has 2 aliphatic heterocycles. The second kappa shape index (κ2) is 8.68. The van der Waals surface area contributed by atoms with Gasteiger partial charge in [-0.05, 0) is 48.7 Å². The van der Waals surface area contributed by atoms with Crippen molar-refractivity contribution < 1.29 is 13.6 Å². The Bertz CT molecular complexity index is 1470. The van der Waals surface area contributed by atoms with Gasteiger partial charge in [0.05, 0.1) is 25.2 Å². The van der Waals surface area contributed by atoms with Crippen LogP contribution in [0, 0.1) is 5.95 Å². The second-order valence-electron chi connectivity index (χ2n) is 9.84. The van der Waals surface area contributed by atoms with E-state index in [2.05, 4.69) is 25.4 Å². The van der Waals surface area contributed by atoms with Gasteiger partial charge >= 0.3 is 0 Å². The molecule has 6 rings (SSSR count). The molecule has 0 spiro atoms. The van der Waals surface area contributed by atoms with E-state index in [1.807, 2.05) is 41.9 Å². The molecule has 190 valence electrons. The summed E-state index contributed by atoms with van der Waals surface area (Å²) in [6.07, 6.45) is 3.98. The van der Waals surface area contributed by atoms with Crippen molar-refractivity contribution in [1.29, 1.82) is 0 Å². The van der Waals surface area contributed by atoms with Crippen molar-refractivity contribution in [2.75, 3.05) is 29.9 Å². The maximum absolute atomic E-state index is 13.9. The summed E-state index contributed by atoms with van der Waals surface area (Å²) in [5, 5.41) is 9.32. The molecule has 0 saturated carbocycles. The fourth-order valence-corrected chi connectivity index (χ4v) is 5.00. The number of amides is 1. The number of alkyl halides is 1. The maximum atomic E-state index is 13.9. The van der Waals surface area contributed by atoms with Crippen LogP contribution >= 0.6 is 0 Å². The SMILES string of the molecule is Cn1c(C(=O)N2CC(C)(F)C2)cc2c1CN(c1nccc(Nc3ccc(-c4c[nH]nc4F)cc3)n1)CC2. The largest absolute Gasteiger partial charge is 0.342 e. The monoisotopic (exact) mass is 504 g/mol. The van der Waals surface area contributed by atoms with Gasteiger partial charge in [0.2, 0.25) is 11.9 Å². The number of fused-ring (bicyclic) bond motifs is 1. The highest BCUT2D eigenvalue weighted by molar-refractivity contribution is 5.94. The lowest BCUT2D eigenvalue weighted by molar-refractivity contribution is -0.00847. The highest BCUT2D eigenvalue weighted by Gasteiger charge is 2.42. The molecule has 5 heterocycles. The van der Waals surface area contributed by atoms with Crippen molar-refractivity contribution in [2.45, 2.75) is 25.6 Å². The lowest BCUT2D eigenvalue weighted by Gasteiger charge is -2.42. The zero-order valence-electron chi connectivity index (χ0n) is 20.5. The van der Waals surface area contributed by atoms with Crippen molar-refractivity contribution in [3.63, 3.8) is 0 Å². The molecule has 1 aromatic carbocycles. The first kappa shape index (κ1) is 23.1. The average molecular weight is 505 g/mol. The molecular formula is C26H26F2N8O. The normalized spacial score (nSPS) is 16.3. The Hall–Kier alpha value is -4.28. The van der Waals surface area contributed by atoms with Gasteiger partial charge in [-0.25, -0.2) is 9.37 Å². The number of carbonyl (C=O) groups excluding carboxylic acids is 1. The summed E-state index contributed by atoms with van der Waals surface area (Å²) < 4.78 is 29.6. The van der Waals surface area contributed by atoms with Gasteiger partial charge in [0.1, 0.15) is 17.2 Å². The summed E-state index contributed by atoms with van der Waals surface area (Å²) in [4.78, 5) is 25.7. The molecule has 1 saturated heterocycles. The quantitative estimate of drug-likeness (QED) is 0.429. The van der Waals surface area contributed by atoms with Crippen LogP contribution in [0.15, 0.2) is 48.8 Å². The Morgan fingerprint density at radius 2 is 1.97 bits per heavy atom. The van der Waals surface area contributed by atoms with Crippen molar-refractivity contribution >= 4 is 23.4 Å². The third kappa shape index (κ3) is 4.30. The van der Waals surface area contributed by atoms with E-state index in [-0.39, 0.29) is 19.0 Å². The first-order valence-corrected chi connectivity index (χ1v) is 12.1. The van der Waals surface area contributed by atoms with Gasteiger partial charge in [-0.2, -0.15) is 9.37 Å². The Balaban J connectivity index is 1.16. The Kier molecular flexibility index (Phi) is 5.43. The minimum atomic E-state index is -1.30. The summed E-state index contributed by atoms with van der Waals surface area (Å²) in [6.45, 7) is 3.06. The molecule has 0 atom stereocenters. The Morgan fingerprint density at radius 1 is 1.19 bits per heavy atom. The van der Waals surface area contributed by atoms with Crippen LogP contribution in [0.4, 0.5) is 26.2 Å². The van der Waals surface area contributed by atoms with E-state index in [1.54, 1.807) is 17.2 Å². The molecule has 0 aliphatic carbocycles. The van der Waals surface area contributed by atoms with Crippen molar-refractivity contribution in [3.8, 4) is 11.1 Å². The molecule has 3 aromatic heterocycles. The third-order valence-corrected chi connectivity index (χ3v) is 6.97. The minimum Gasteiger partial charge on any atom is -0.342 e. The predicted molar refractivity (Wildman–Crippen MR) is 135 cm³/mol. The number of nitrogens with zero attached hydrogens (tertiary/aromatic N) is 6. The molecular weight excluding hydrogens is 478 g/mol. The molecule has 9 nitrogen and oxygen atoms in total. The van der Waals surface area contributed by atoms with Gasteiger partial charge in [-0.3, -0.25) is 9.89 Å². The zero-order chi connectivity index (χ0) is 25.7. The molecule has 0 bridgehead atoms. The number of aromatic amines is 1. The first-order chi connectivity index (χ1) is 17.8. The van der Waals surface area contributed by atoms with Gasteiger partial charge in [-0.1, -0.05) is 12.1 Å². The van der Waals surface area contributed by atoms with Gasteiger partial charge < -0.3 is 19.7 Å². The fourth-order valence-electron chi connectivity index (χ4n) is 5.00. The van der Waals surface area contributed by atoms with Gasteiger partial charge in [0.25, 0.3) is 5.91 Å². The number of hydrogen-bond donors (Lipinski definition) is 2. The van der Waals surface area contributed by atoms with Crippen LogP contribution in [0.1, 0.15) is 28.7 Å². The van der Waals surface area contributed by atoms with Gasteiger partial charge in [0.15, 0.2) is 0 Å². The molecule has 11 heteroatoms. The number of likely N-dealkylation sites (tertiary alicyclic amines) is 1. The highest BCUT2D eigenvalue weighted by atomic mass is 19.1. The molecule has 1 fully saturated rings. The smallest absolute Gasteiger partial charge is 0.270 e. The predicted octanol–water partition coefficient (Wildman–Crippen LogP) is 3.83. The topological polar surface area (TPSA) is 95.0 Å². The number of aromatic nitrogens is 5. The number of anilines is 3. The van der Waals surface area contributed by atoms with E-state index in [0.29, 0.717) is 36.1 Å². The van der Waals surface area contributed by atoms with Crippen LogP contribution in [0.3, 0.4) is 0 Å². The summed E-state index contributed by atoms with van der Waals surface area (Å²) >= 11 is 0. The van der Waals surface area contributed by atoms with Crippen LogP contribution in [-0.2, 0) is 20.0 Å². The van der Waals surface area contributed by atoms with Crippen molar-refractivity contribution in [3.05, 3.63) is 71.7 Å². The van der Waals surface area contributed by atoms with Crippen molar-refractivity contribution in [1.82, 2.24) is 29.6 Å². The molecule has 0 radical (unpaired) electrons. The third-order valence-electron chi connectivity index (χ3n) is 6.97. The van der Waals surface area contributed by atoms with Crippen LogP contribution in [0.5, 0.6) is 0 Å². The Morgan fingerprint density at radius 3 is 2.68 bits per heavy atom. The minimum absolute atomic E-state index is 0.129. The molecule has 1 amide bonds. The molecule has 2 N–H and O–H groups in total. The first-order valence-electron chi connectivity index (χ1n) is 12.1. The van der Waals surface area contributed by atoms with Crippen molar-refractivity contribution in [2.24, 2.45) is 7.05 Å². The lowest BCUT2D eigenvalue weighted by Crippen LogP contribution is -2.59. The number of H-pyrrole nitrogens is 1. The molecule has 37 heavy (non-hydrogen) atoms. The molecule has 0 unspecified atom stereocenters. The maximum Gasteiger partial charge on any atom is 0.270 e. The van der Waals surface area contributed by atoms with Gasteiger partial charge in [-0.15, -0.1) is 5.10 Å². The number of carbonyl (C=O) groups is 1. The molecule has 4 aromatic rings. The number of benzene rings is 1. The lowest BCUT2D eigenvalue weighted by atomic mass is 9.98. The number of rotatable bonds is 5. The number of nitrogens with one attached hydrogen (secondary N) is 2. The van der Waals surface area contributed by atoms with Crippen LogP contribution in [0.25, 0.3) is 11.1 Å². The summed E-state index contributed by atoms with van der Waals surface area (Å²) in [5.41, 5.74) is 3.37. The number of hydrogen-bond acceptors (Lipinski definition) is 6. The van der Waals surface area contributed by atoms with E-state index in [4.69, 9.17) is 4.98 Å².